The van der Waals surface area contributed by atoms with Crippen LogP contribution in [0, 0.1) is 0 Å². The minimum Gasteiger partial charge on any atom is -0.380 e. The van der Waals surface area contributed by atoms with Crippen LogP contribution in [0.3, 0.4) is 0 Å². The lowest BCUT2D eigenvalue weighted by Gasteiger charge is -2.22. The van der Waals surface area contributed by atoms with Gasteiger partial charge in [0.1, 0.15) is 0 Å². The summed E-state index contributed by atoms with van der Waals surface area (Å²) in [6.07, 6.45) is 5.81. The van der Waals surface area contributed by atoms with Crippen LogP contribution in [0.1, 0.15) is 25.0 Å². The molecule has 6 heteroatoms. The summed E-state index contributed by atoms with van der Waals surface area (Å²) >= 11 is 0. The Bertz CT molecular complexity index is 397. The number of aromatic nitrogens is 3. The van der Waals surface area contributed by atoms with Crippen molar-refractivity contribution >= 4 is 0 Å². The normalized spacial score (nSPS) is 23.4. The first-order valence-corrected chi connectivity index (χ1v) is 7.21. The van der Waals surface area contributed by atoms with Crippen LogP contribution in [0.5, 0.6) is 0 Å². The van der Waals surface area contributed by atoms with E-state index in [2.05, 4.69) is 27.6 Å². The van der Waals surface area contributed by atoms with Crippen molar-refractivity contribution in [2.45, 2.75) is 44.4 Å². The van der Waals surface area contributed by atoms with Crippen LogP contribution in [0.2, 0.25) is 0 Å². The zero-order valence-corrected chi connectivity index (χ0v) is 11.6. The third-order valence-electron chi connectivity index (χ3n) is 3.95. The fraction of sp³-hybridized carbons (Fsp3) is 0.846. The summed E-state index contributed by atoms with van der Waals surface area (Å²) in [6.45, 7) is 4.49. The van der Waals surface area contributed by atoms with Crippen molar-refractivity contribution in [1.29, 1.82) is 0 Å². The van der Waals surface area contributed by atoms with Crippen LogP contribution in [0.15, 0.2) is 6.20 Å². The monoisotopic (exact) mass is 265 g/mol. The predicted molar refractivity (Wildman–Crippen MR) is 71.7 cm³/mol. The molecule has 2 aliphatic rings. The topological polar surface area (TPSA) is 55.2 Å². The summed E-state index contributed by atoms with van der Waals surface area (Å²) in [6, 6.07) is 1.29. The quantitative estimate of drug-likeness (QED) is 0.766. The standard InChI is InChI=1S/C13H23N5O/c1-17(13-4-7-19-10-13)5-6-18-9-12(15-16-18)8-14-11-2-3-11/h9,11,13-14H,2-8,10H2,1H3. The number of likely N-dealkylation sites (N-methyl/N-ethyl adjacent to an activating group) is 1. The van der Waals surface area contributed by atoms with E-state index in [1.165, 1.54) is 12.8 Å². The molecule has 1 saturated heterocycles. The maximum absolute atomic E-state index is 5.41. The summed E-state index contributed by atoms with van der Waals surface area (Å²) in [5.41, 5.74) is 1.04. The summed E-state index contributed by atoms with van der Waals surface area (Å²) < 4.78 is 7.35. The van der Waals surface area contributed by atoms with Gasteiger partial charge in [0.25, 0.3) is 0 Å². The number of rotatable bonds is 7. The van der Waals surface area contributed by atoms with E-state index in [0.717, 1.165) is 51.0 Å². The number of ether oxygens (including phenoxy) is 1. The van der Waals surface area contributed by atoms with Gasteiger partial charge in [0.15, 0.2) is 0 Å². The van der Waals surface area contributed by atoms with E-state index in [1.807, 2.05) is 10.9 Å². The van der Waals surface area contributed by atoms with Gasteiger partial charge >= 0.3 is 0 Å². The number of hydrogen-bond acceptors (Lipinski definition) is 5. The lowest BCUT2D eigenvalue weighted by atomic mass is 10.2. The Morgan fingerprint density at radius 3 is 3.11 bits per heavy atom. The van der Waals surface area contributed by atoms with E-state index in [0.29, 0.717) is 6.04 Å². The van der Waals surface area contributed by atoms with Gasteiger partial charge in [-0.05, 0) is 26.3 Å². The van der Waals surface area contributed by atoms with Crippen LogP contribution >= 0.6 is 0 Å². The minimum atomic E-state index is 0.569. The molecule has 2 fully saturated rings. The second-order valence-corrected chi connectivity index (χ2v) is 5.63. The maximum Gasteiger partial charge on any atom is 0.0964 e. The van der Waals surface area contributed by atoms with Gasteiger partial charge in [-0.1, -0.05) is 5.21 Å². The van der Waals surface area contributed by atoms with Gasteiger partial charge in [0, 0.05) is 38.0 Å². The molecule has 0 aromatic carbocycles. The lowest BCUT2D eigenvalue weighted by molar-refractivity contribution is 0.156. The van der Waals surface area contributed by atoms with Gasteiger partial charge in [-0.25, -0.2) is 0 Å². The van der Waals surface area contributed by atoms with Crippen molar-refractivity contribution in [3.05, 3.63) is 11.9 Å². The Hall–Kier alpha value is -0.980. The molecule has 1 N–H and O–H groups in total. The zero-order chi connectivity index (χ0) is 13.1. The van der Waals surface area contributed by atoms with Crippen molar-refractivity contribution in [2.75, 3.05) is 26.8 Å². The third-order valence-corrected chi connectivity index (χ3v) is 3.95. The average molecular weight is 265 g/mol. The summed E-state index contributed by atoms with van der Waals surface area (Å²) in [7, 11) is 2.16. The SMILES string of the molecule is CN(CCn1cc(CNC2CC2)nn1)C1CCOC1. The molecule has 0 radical (unpaired) electrons. The van der Waals surface area contributed by atoms with Crippen LogP contribution in [0.25, 0.3) is 0 Å². The summed E-state index contributed by atoms with van der Waals surface area (Å²) in [5.74, 6) is 0. The fourth-order valence-electron chi connectivity index (χ4n) is 2.38. The van der Waals surface area contributed by atoms with E-state index >= 15 is 0 Å². The first-order valence-electron chi connectivity index (χ1n) is 7.21. The first-order chi connectivity index (χ1) is 9.31. The van der Waals surface area contributed by atoms with Crippen molar-refractivity contribution in [3.63, 3.8) is 0 Å². The smallest absolute Gasteiger partial charge is 0.0964 e. The third kappa shape index (κ3) is 3.75. The lowest BCUT2D eigenvalue weighted by Crippen LogP contribution is -2.34. The van der Waals surface area contributed by atoms with Crippen molar-refractivity contribution in [3.8, 4) is 0 Å². The minimum absolute atomic E-state index is 0.569. The van der Waals surface area contributed by atoms with E-state index in [-0.39, 0.29) is 0 Å². The maximum atomic E-state index is 5.41. The van der Waals surface area contributed by atoms with E-state index in [9.17, 15) is 0 Å². The highest BCUT2D eigenvalue weighted by Gasteiger charge is 2.21. The van der Waals surface area contributed by atoms with E-state index in [1.54, 1.807) is 0 Å². The molecule has 1 aliphatic carbocycles. The number of nitrogens with one attached hydrogen (secondary N) is 1. The molecule has 0 spiro atoms. The van der Waals surface area contributed by atoms with Crippen molar-refractivity contribution in [1.82, 2.24) is 25.2 Å². The Morgan fingerprint density at radius 2 is 2.37 bits per heavy atom. The molecule has 1 aromatic rings. The highest BCUT2D eigenvalue weighted by Crippen LogP contribution is 2.18. The number of nitrogens with zero attached hydrogens (tertiary/aromatic N) is 4. The molecule has 1 saturated carbocycles. The molecule has 106 valence electrons. The molecule has 0 amide bonds. The predicted octanol–water partition coefficient (Wildman–Crippen LogP) is 0.251. The Morgan fingerprint density at radius 1 is 1.47 bits per heavy atom. The second-order valence-electron chi connectivity index (χ2n) is 5.63. The van der Waals surface area contributed by atoms with Crippen molar-refractivity contribution in [2.24, 2.45) is 0 Å². The Balaban J connectivity index is 1.41. The van der Waals surface area contributed by atoms with Crippen LogP contribution < -0.4 is 5.32 Å². The highest BCUT2D eigenvalue weighted by atomic mass is 16.5. The first kappa shape index (κ1) is 13.0. The summed E-state index contributed by atoms with van der Waals surface area (Å²) in [5, 5.41) is 11.8. The van der Waals surface area contributed by atoms with Crippen LogP contribution in [-0.2, 0) is 17.8 Å². The largest absolute Gasteiger partial charge is 0.380 e. The fourth-order valence-corrected chi connectivity index (χ4v) is 2.38. The van der Waals surface area contributed by atoms with Gasteiger partial charge in [0.2, 0.25) is 0 Å². The molecule has 2 heterocycles. The van der Waals surface area contributed by atoms with Crippen LogP contribution in [0.4, 0.5) is 0 Å². The van der Waals surface area contributed by atoms with Gasteiger partial charge in [-0.3, -0.25) is 9.58 Å². The van der Waals surface area contributed by atoms with Gasteiger partial charge in [-0.2, -0.15) is 0 Å². The zero-order valence-electron chi connectivity index (χ0n) is 11.6. The Labute approximate surface area is 114 Å². The molecular formula is C13H23N5O. The van der Waals surface area contributed by atoms with Crippen molar-refractivity contribution < 1.29 is 4.74 Å². The molecule has 1 aliphatic heterocycles. The van der Waals surface area contributed by atoms with Crippen LogP contribution in [-0.4, -0.2) is 58.8 Å². The molecule has 1 unspecified atom stereocenters. The highest BCUT2D eigenvalue weighted by molar-refractivity contribution is 4.94. The summed E-state index contributed by atoms with van der Waals surface area (Å²) in [4.78, 5) is 2.36. The average Bonchev–Trinajstić information content (AvgIpc) is 2.94. The molecular weight excluding hydrogens is 242 g/mol. The van der Waals surface area contributed by atoms with Gasteiger partial charge < -0.3 is 10.1 Å². The molecule has 1 atom stereocenters. The van der Waals surface area contributed by atoms with E-state index < -0.39 is 0 Å². The molecule has 19 heavy (non-hydrogen) atoms. The van der Waals surface area contributed by atoms with Gasteiger partial charge in [-0.15, -0.1) is 5.10 Å². The Kier molecular flexibility index (Phi) is 4.10. The molecule has 0 bridgehead atoms. The van der Waals surface area contributed by atoms with Gasteiger partial charge in [0.05, 0.1) is 18.8 Å². The second kappa shape index (κ2) is 5.98. The molecule has 6 nitrogen and oxygen atoms in total. The number of hydrogen-bond donors (Lipinski definition) is 1. The van der Waals surface area contributed by atoms with E-state index in [4.69, 9.17) is 4.74 Å². The molecule has 3 rings (SSSR count). The molecule has 1 aromatic heterocycles.